The third kappa shape index (κ3) is 8.30. The van der Waals surface area contributed by atoms with E-state index in [2.05, 4.69) is 6.58 Å². The fraction of sp³-hybridized carbons (Fsp3) is 0.885. The number of carbonyl (C=O) groups is 1. The number of Topliss-reactive ketones (excluding diaryl/α,β-unsaturated/α-hetero) is 1. The van der Waals surface area contributed by atoms with Crippen molar-refractivity contribution in [2.45, 2.75) is 105 Å². The van der Waals surface area contributed by atoms with Crippen molar-refractivity contribution in [3.63, 3.8) is 0 Å². The molecule has 2 rings (SSSR count). The van der Waals surface area contributed by atoms with Gasteiger partial charge in [0.1, 0.15) is 54.9 Å². The molecule has 0 aromatic carbocycles. The van der Waals surface area contributed by atoms with Crippen LogP contribution in [0.5, 0.6) is 0 Å². The Hall–Kier alpha value is -1.67. The number of aliphatic hydroxyl groups excluding tert-OH is 11. The van der Waals surface area contributed by atoms with Gasteiger partial charge in [-0.05, 0) is 13.5 Å². The highest BCUT2D eigenvalue weighted by atomic mass is 16.7. The Kier molecular flexibility index (Phi) is 13.8. The molecule has 0 spiro atoms. The number of ketones is 1. The summed E-state index contributed by atoms with van der Waals surface area (Å²) in [5.74, 6) is -6.14. The summed E-state index contributed by atoms with van der Waals surface area (Å²) < 4.78 is 25.1. The number of hydrogen-bond acceptors (Lipinski definition) is 19. The van der Waals surface area contributed by atoms with Crippen molar-refractivity contribution in [3.8, 4) is 0 Å². The Labute approximate surface area is 263 Å². The molecule has 2 saturated heterocycles. The zero-order valence-electron chi connectivity index (χ0n) is 25.8. The summed E-state index contributed by atoms with van der Waals surface area (Å²) in [4.78, 5) is 13.1. The second kappa shape index (κ2) is 15.7. The molecule has 2 aliphatic rings. The minimum atomic E-state index is -3.56. The van der Waals surface area contributed by atoms with Crippen molar-refractivity contribution in [1.29, 1.82) is 0 Å². The first-order chi connectivity index (χ1) is 21.0. The summed E-state index contributed by atoms with van der Waals surface area (Å²) >= 11 is 0. The van der Waals surface area contributed by atoms with Crippen LogP contribution < -0.4 is 0 Å². The summed E-state index contributed by atoms with van der Waals surface area (Å²) in [6.07, 6.45) is -24.6. The summed E-state index contributed by atoms with van der Waals surface area (Å²) in [5, 5.41) is 135. The lowest BCUT2D eigenvalue weighted by molar-refractivity contribution is -0.953. The van der Waals surface area contributed by atoms with Gasteiger partial charge in [0, 0.05) is 6.42 Å². The molecule has 0 aromatic rings. The molecule has 2 aliphatic heterocycles. The molecule has 0 saturated carbocycles. The summed E-state index contributed by atoms with van der Waals surface area (Å²) in [6.45, 7) is 1.66. The van der Waals surface area contributed by atoms with E-state index < -0.39 is 134 Å². The van der Waals surface area contributed by atoms with Gasteiger partial charge >= 0.3 is 11.5 Å². The van der Waals surface area contributed by atoms with E-state index in [9.17, 15) is 71.2 Å². The number of likely N-dealkylation sites (N-methyl/N-ethyl adjacent to an activating group) is 1. The molecule has 0 aromatic heterocycles. The molecule has 0 bridgehead atoms. The van der Waals surface area contributed by atoms with Crippen LogP contribution in [0.3, 0.4) is 0 Å². The van der Waals surface area contributed by atoms with Crippen LogP contribution in [0.1, 0.15) is 13.3 Å². The minimum Gasteiger partial charge on any atom is -0.481 e. The molecule has 13 N–H and O–H groups in total. The topological polar surface area (TPSA) is 326 Å². The van der Waals surface area contributed by atoms with Gasteiger partial charge in [0.15, 0.2) is 18.7 Å². The maximum absolute atomic E-state index is 13.1. The highest BCUT2D eigenvalue weighted by Crippen LogP contribution is 2.38. The average molecular weight is 679 g/mol. The lowest BCUT2D eigenvalue weighted by Crippen LogP contribution is -2.79. The van der Waals surface area contributed by atoms with Crippen LogP contribution >= 0.6 is 0 Å². The van der Waals surface area contributed by atoms with Crippen molar-refractivity contribution < 1.29 is 99.3 Å². The highest BCUT2D eigenvalue weighted by molar-refractivity contribution is 5.87. The van der Waals surface area contributed by atoms with Crippen LogP contribution in [0.2, 0.25) is 0 Å². The number of rotatable bonds is 16. The second-order valence-corrected chi connectivity index (χ2v) is 12.2. The van der Waals surface area contributed by atoms with Crippen molar-refractivity contribution in [2.24, 2.45) is 0 Å². The monoisotopic (exact) mass is 678 g/mol. The molecular weight excluding hydrogens is 630 g/mol. The van der Waals surface area contributed by atoms with E-state index in [1.54, 1.807) is 0 Å². The van der Waals surface area contributed by atoms with Crippen LogP contribution in [0, 0.1) is 0 Å². The standard InChI is InChI=1S/C26H47NO19/c1-10(29)6-15(32)25(40,27(3,4)5)26(41,46-11(2)30)22(39)12(31)8-42-23-21(38)19(36)17(34)14(45-23)9-43-24-20(37)18(35)16(33)13(7-28)44-24/h10,12-14,16-24,28-29,31,33-41H,2,6-9H2,1,3-5H3/p+1/t10?,12-,13-,14-,16-,17-,18+,19+,20-,21-,22-,23+,24+,25-,26+/m1/s1. The molecule has 270 valence electrons. The van der Waals surface area contributed by atoms with Gasteiger partial charge in [-0.15, -0.1) is 0 Å². The van der Waals surface area contributed by atoms with Gasteiger partial charge in [0.2, 0.25) is 5.78 Å². The quantitative estimate of drug-likeness (QED) is 0.0409. The summed E-state index contributed by atoms with van der Waals surface area (Å²) in [7, 11) is 3.57. The van der Waals surface area contributed by atoms with Gasteiger partial charge in [-0.25, -0.2) is 0 Å². The molecule has 2 fully saturated rings. The third-order valence-electron chi connectivity index (χ3n) is 7.75. The molecule has 2 heterocycles. The molecule has 1 unspecified atom stereocenters. The number of hydrogen-bond donors (Lipinski definition) is 13. The SMILES string of the molecule is C=C(O)O[C@@](O)([C@H](O)[C@H](O)CO[C@H]1O[C@H](CO[C@H]2O[C@H](CO)[C@@H](O)[C@H](O)[C@H]2O)[C@@H](O)[C@H](O)[C@H]1O)[C@](O)(C(=O)CC(C)O)[N+](C)(C)C. The first-order valence-electron chi connectivity index (χ1n) is 14.2. The lowest BCUT2D eigenvalue weighted by atomic mass is 9.85. The Morgan fingerprint density at radius 3 is 1.78 bits per heavy atom. The normalized spacial score (nSPS) is 37.0. The van der Waals surface area contributed by atoms with E-state index in [-0.39, 0.29) is 0 Å². The third-order valence-corrected chi connectivity index (χ3v) is 7.75. The van der Waals surface area contributed by atoms with Crippen molar-refractivity contribution in [2.75, 3.05) is 41.0 Å². The van der Waals surface area contributed by atoms with Crippen molar-refractivity contribution in [3.05, 3.63) is 12.5 Å². The van der Waals surface area contributed by atoms with Crippen LogP contribution in [0.25, 0.3) is 0 Å². The van der Waals surface area contributed by atoms with E-state index in [0.717, 1.165) is 0 Å². The van der Waals surface area contributed by atoms with Gasteiger partial charge in [-0.3, -0.25) is 9.28 Å². The summed E-state index contributed by atoms with van der Waals surface area (Å²) in [6, 6.07) is 0. The largest absolute Gasteiger partial charge is 0.481 e. The zero-order valence-corrected chi connectivity index (χ0v) is 25.8. The first kappa shape index (κ1) is 40.5. The number of ether oxygens (including phenoxy) is 5. The van der Waals surface area contributed by atoms with Gasteiger partial charge in [0.25, 0.3) is 5.95 Å². The van der Waals surface area contributed by atoms with E-state index >= 15 is 0 Å². The van der Waals surface area contributed by atoms with Crippen molar-refractivity contribution >= 4 is 5.78 Å². The Bertz CT molecular complexity index is 1010. The van der Waals surface area contributed by atoms with E-state index in [1.165, 1.54) is 28.1 Å². The fourth-order valence-electron chi connectivity index (χ4n) is 5.11. The van der Waals surface area contributed by atoms with Crippen LogP contribution in [-0.4, -0.2) is 209 Å². The maximum atomic E-state index is 13.1. The van der Waals surface area contributed by atoms with Crippen molar-refractivity contribution in [1.82, 2.24) is 0 Å². The minimum absolute atomic E-state index is 0.702. The molecule has 0 radical (unpaired) electrons. The first-order valence-corrected chi connectivity index (χ1v) is 14.2. The predicted molar refractivity (Wildman–Crippen MR) is 146 cm³/mol. The molecular formula is C26H48NO19+. The van der Waals surface area contributed by atoms with Gasteiger partial charge in [-0.2, -0.15) is 0 Å². The Morgan fingerprint density at radius 1 is 0.848 bits per heavy atom. The van der Waals surface area contributed by atoms with E-state index in [1.807, 2.05) is 0 Å². The van der Waals surface area contributed by atoms with Crippen LogP contribution in [0.15, 0.2) is 12.5 Å². The van der Waals surface area contributed by atoms with Crippen LogP contribution in [0.4, 0.5) is 0 Å². The highest BCUT2D eigenvalue weighted by Gasteiger charge is 2.71. The molecule has 20 heteroatoms. The van der Waals surface area contributed by atoms with Gasteiger partial charge in [0.05, 0.1) is 47.1 Å². The van der Waals surface area contributed by atoms with Crippen LogP contribution in [-0.2, 0) is 28.5 Å². The lowest BCUT2D eigenvalue weighted by Gasteiger charge is -2.50. The number of nitrogens with zero attached hydrogens (tertiary/aromatic N) is 1. The van der Waals surface area contributed by atoms with E-state index in [4.69, 9.17) is 23.7 Å². The van der Waals surface area contributed by atoms with E-state index in [0.29, 0.717) is 0 Å². The fourth-order valence-corrected chi connectivity index (χ4v) is 5.11. The molecule has 0 amide bonds. The molecule has 20 nitrogen and oxygen atoms in total. The van der Waals surface area contributed by atoms with Gasteiger partial charge in [-0.1, -0.05) is 0 Å². The smallest absolute Gasteiger partial charge is 0.330 e. The number of quaternary nitrogens is 1. The Morgan fingerprint density at radius 2 is 1.33 bits per heavy atom. The summed E-state index contributed by atoms with van der Waals surface area (Å²) in [5.41, 5.74) is -3.19. The number of aliphatic hydroxyl groups is 13. The molecule has 0 aliphatic carbocycles. The zero-order chi connectivity index (χ0) is 35.5. The average Bonchev–Trinajstić information content (AvgIpc) is 2.96. The number of carbonyl (C=O) groups excluding carboxylic acids is 1. The Balaban J connectivity index is 2.23. The predicted octanol–water partition coefficient (Wildman–Crippen LogP) is -7.18. The maximum Gasteiger partial charge on any atom is 0.330 e. The molecule has 46 heavy (non-hydrogen) atoms. The molecule has 15 atom stereocenters. The second-order valence-electron chi connectivity index (χ2n) is 12.2. The van der Waals surface area contributed by atoms with Gasteiger partial charge < -0.3 is 90.1 Å².